The number of rotatable bonds is 1. The fourth-order valence-corrected chi connectivity index (χ4v) is 3.36. The van der Waals surface area contributed by atoms with Crippen LogP contribution in [0, 0.1) is 5.92 Å². The molecular formula is C12H18N4O2. The molecule has 6 heteroatoms. The Labute approximate surface area is 105 Å². The maximum absolute atomic E-state index is 12.4. The smallest absolute Gasteiger partial charge is 0.280 e. The van der Waals surface area contributed by atoms with Gasteiger partial charge in [-0.3, -0.25) is 4.79 Å². The zero-order valence-electron chi connectivity index (χ0n) is 10.3. The van der Waals surface area contributed by atoms with Gasteiger partial charge in [0.1, 0.15) is 0 Å². The third kappa shape index (κ3) is 1.85. The first kappa shape index (κ1) is 11.5. The van der Waals surface area contributed by atoms with Gasteiger partial charge in [-0.05, 0) is 41.9 Å². The quantitative estimate of drug-likeness (QED) is 0.815. The van der Waals surface area contributed by atoms with Crippen LogP contribution in [0.25, 0.3) is 0 Å². The van der Waals surface area contributed by atoms with Gasteiger partial charge >= 0.3 is 0 Å². The van der Waals surface area contributed by atoms with Crippen LogP contribution in [0.15, 0.2) is 4.63 Å². The molecule has 0 unspecified atom stereocenters. The second-order valence-corrected chi connectivity index (χ2v) is 5.25. The number of anilines is 1. The van der Waals surface area contributed by atoms with Gasteiger partial charge in [0.15, 0.2) is 0 Å². The van der Waals surface area contributed by atoms with Crippen LogP contribution in [0.1, 0.15) is 49.0 Å². The number of amides is 1. The summed E-state index contributed by atoms with van der Waals surface area (Å²) in [4.78, 5) is 14.4. The lowest BCUT2D eigenvalue weighted by Crippen LogP contribution is -2.49. The summed E-state index contributed by atoms with van der Waals surface area (Å²) < 4.78 is 4.52. The Morgan fingerprint density at radius 3 is 2.78 bits per heavy atom. The van der Waals surface area contributed by atoms with Gasteiger partial charge in [0.2, 0.25) is 11.5 Å². The number of carbonyl (C=O) groups is 1. The van der Waals surface area contributed by atoms with E-state index in [1.54, 1.807) is 0 Å². The summed E-state index contributed by atoms with van der Waals surface area (Å²) in [6.07, 6.45) is 7.13. The van der Waals surface area contributed by atoms with E-state index in [-0.39, 0.29) is 17.4 Å². The fourth-order valence-electron chi connectivity index (χ4n) is 3.36. The van der Waals surface area contributed by atoms with Crippen molar-refractivity contribution < 1.29 is 9.42 Å². The largest absolute Gasteiger partial charge is 0.379 e. The molecule has 2 N–H and O–H groups in total. The van der Waals surface area contributed by atoms with Gasteiger partial charge in [0, 0.05) is 12.6 Å². The molecule has 1 saturated carbocycles. The van der Waals surface area contributed by atoms with E-state index in [0.29, 0.717) is 12.0 Å². The molecule has 1 saturated heterocycles. The normalized spacial score (nSPS) is 27.9. The molecule has 2 atom stereocenters. The highest BCUT2D eigenvalue weighted by atomic mass is 16.6. The van der Waals surface area contributed by atoms with Crippen LogP contribution in [-0.4, -0.2) is 33.7 Å². The molecule has 6 nitrogen and oxygen atoms in total. The van der Waals surface area contributed by atoms with Crippen molar-refractivity contribution in [1.82, 2.24) is 15.2 Å². The summed E-state index contributed by atoms with van der Waals surface area (Å²) in [5, 5.41) is 7.11. The highest BCUT2D eigenvalue weighted by Gasteiger charge is 2.37. The zero-order chi connectivity index (χ0) is 12.5. The Bertz CT molecular complexity index is 443. The molecule has 0 radical (unpaired) electrons. The Morgan fingerprint density at radius 1 is 1.22 bits per heavy atom. The van der Waals surface area contributed by atoms with Gasteiger partial charge in [-0.25, -0.2) is 4.63 Å². The number of hydrogen-bond acceptors (Lipinski definition) is 5. The number of hydrogen-bond donors (Lipinski definition) is 1. The highest BCUT2D eigenvalue weighted by Crippen LogP contribution is 2.36. The molecule has 2 fully saturated rings. The van der Waals surface area contributed by atoms with Gasteiger partial charge in [-0.15, -0.1) is 0 Å². The topological polar surface area (TPSA) is 85.2 Å². The summed E-state index contributed by atoms with van der Waals surface area (Å²) in [5.41, 5.74) is 5.77. The van der Waals surface area contributed by atoms with Crippen LogP contribution in [0.4, 0.5) is 5.82 Å². The predicted molar refractivity (Wildman–Crippen MR) is 64.7 cm³/mol. The van der Waals surface area contributed by atoms with Crippen LogP contribution in [0.3, 0.4) is 0 Å². The summed E-state index contributed by atoms with van der Waals surface area (Å²) in [6.45, 7) is 0.798. The molecule has 18 heavy (non-hydrogen) atoms. The Kier molecular flexibility index (Phi) is 2.93. The van der Waals surface area contributed by atoms with E-state index >= 15 is 0 Å². The summed E-state index contributed by atoms with van der Waals surface area (Å²) >= 11 is 0. The molecule has 1 aliphatic heterocycles. The first-order valence-electron chi connectivity index (χ1n) is 6.66. The van der Waals surface area contributed by atoms with Gasteiger partial charge < -0.3 is 10.6 Å². The van der Waals surface area contributed by atoms with Gasteiger partial charge in [0.05, 0.1) is 0 Å². The van der Waals surface area contributed by atoms with Gasteiger partial charge in [-0.2, -0.15) is 0 Å². The molecule has 0 spiro atoms. The maximum Gasteiger partial charge on any atom is 0.280 e. The molecule has 98 valence electrons. The van der Waals surface area contributed by atoms with Gasteiger partial charge in [0.25, 0.3) is 5.91 Å². The van der Waals surface area contributed by atoms with E-state index in [1.165, 1.54) is 25.7 Å². The lowest BCUT2D eigenvalue weighted by atomic mass is 9.78. The molecule has 0 aromatic carbocycles. The number of nitrogens with zero attached hydrogens (tertiary/aromatic N) is 3. The average Bonchev–Trinajstić information content (AvgIpc) is 2.83. The Balaban J connectivity index is 1.82. The minimum atomic E-state index is -0.120. The predicted octanol–water partition coefficient (Wildman–Crippen LogP) is 1.45. The first-order valence-corrected chi connectivity index (χ1v) is 6.66. The summed E-state index contributed by atoms with van der Waals surface area (Å²) in [6, 6.07) is 0.357. The molecule has 1 amide bonds. The summed E-state index contributed by atoms with van der Waals surface area (Å²) in [7, 11) is 0. The van der Waals surface area contributed by atoms with Crippen LogP contribution in [0.5, 0.6) is 0 Å². The molecule has 1 aromatic rings. The minimum absolute atomic E-state index is 0.0953. The van der Waals surface area contributed by atoms with Crippen molar-refractivity contribution in [2.75, 3.05) is 12.3 Å². The summed E-state index contributed by atoms with van der Waals surface area (Å²) in [5.74, 6) is 0.626. The second-order valence-electron chi connectivity index (χ2n) is 5.25. The third-order valence-corrected chi connectivity index (χ3v) is 4.22. The maximum atomic E-state index is 12.4. The Morgan fingerprint density at radius 2 is 2.00 bits per heavy atom. The van der Waals surface area contributed by atoms with Gasteiger partial charge in [-0.1, -0.05) is 12.8 Å². The van der Waals surface area contributed by atoms with E-state index in [4.69, 9.17) is 5.73 Å². The third-order valence-electron chi connectivity index (χ3n) is 4.22. The molecule has 1 aromatic heterocycles. The van der Waals surface area contributed by atoms with Crippen LogP contribution >= 0.6 is 0 Å². The number of aromatic nitrogens is 2. The fraction of sp³-hybridized carbons (Fsp3) is 0.750. The van der Waals surface area contributed by atoms with E-state index in [9.17, 15) is 4.79 Å². The first-order chi connectivity index (χ1) is 8.77. The molecule has 3 rings (SSSR count). The second kappa shape index (κ2) is 4.59. The van der Waals surface area contributed by atoms with Crippen LogP contribution < -0.4 is 5.73 Å². The number of piperidine rings is 1. The molecular weight excluding hydrogens is 232 g/mol. The van der Waals surface area contributed by atoms with Crippen molar-refractivity contribution in [1.29, 1.82) is 0 Å². The van der Waals surface area contributed by atoms with Crippen molar-refractivity contribution >= 4 is 11.7 Å². The lowest BCUT2D eigenvalue weighted by molar-refractivity contribution is 0.0382. The molecule has 2 aliphatic rings. The van der Waals surface area contributed by atoms with Crippen LogP contribution in [-0.2, 0) is 0 Å². The van der Waals surface area contributed by atoms with Crippen molar-refractivity contribution in [3.05, 3.63) is 5.69 Å². The molecule has 0 bridgehead atoms. The molecule has 1 aliphatic carbocycles. The van der Waals surface area contributed by atoms with E-state index < -0.39 is 0 Å². The number of fused-ring (bicyclic) bond motifs is 1. The minimum Gasteiger partial charge on any atom is -0.379 e. The van der Waals surface area contributed by atoms with Crippen LogP contribution in [0.2, 0.25) is 0 Å². The number of nitrogen functional groups attached to an aromatic ring is 1. The Hall–Kier alpha value is -1.59. The average molecular weight is 250 g/mol. The number of nitrogens with two attached hydrogens (primary N) is 1. The number of likely N-dealkylation sites (tertiary alicyclic amines) is 1. The van der Waals surface area contributed by atoms with Crippen molar-refractivity contribution in [3.63, 3.8) is 0 Å². The SMILES string of the molecule is Nc1nonc1C(=O)N1CCC[C@H]2CCCC[C@H]21. The van der Waals surface area contributed by atoms with E-state index in [2.05, 4.69) is 14.9 Å². The van der Waals surface area contributed by atoms with Crippen molar-refractivity contribution in [2.45, 2.75) is 44.6 Å². The monoisotopic (exact) mass is 250 g/mol. The van der Waals surface area contributed by atoms with Crippen molar-refractivity contribution in [2.24, 2.45) is 5.92 Å². The number of carbonyl (C=O) groups excluding carboxylic acids is 1. The zero-order valence-corrected chi connectivity index (χ0v) is 10.3. The van der Waals surface area contributed by atoms with Crippen molar-refractivity contribution in [3.8, 4) is 0 Å². The standard InChI is InChI=1S/C12H18N4O2/c13-11-10(14-18-15-11)12(17)16-7-3-5-8-4-1-2-6-9(8)16/h8-9H,1-7H2,(H2,13,15)/t8-,9-/m1/s1. The molecule has 2 heterocycles. The lowest BCUT2D eigenvalue weighted by Gasteiger charge is -2.43. The van der Waals surface area contributed by atoms with E-state index in [0.717, 1.165) is 19.4 Å². The van der Waals surface area contributed by atoms with E-state index in [1.807, 2.05) is 4.90 Å². The highest BCUT2D eigenvalue weighted by molar-refractivity contribution is 5.96.